The number of hydrogen-bond acceptors (Lipinski definition) is 5. The summed E-state index contributed by atoms with van der Waals surface area (Å²) < 4.78 is 6.01. The van der Waals surface area contributed by atoms with Gasteiger partial charge in [0.25, 0.3) is 5.91 Å². The Balaban J connectivity index is 1.35. The van der Waals surface area contributed by atoms with E-state index in [0.717, 1.165) is 37.4 Å². The number of thioether (sulfide) groups is 1. The van der Waals surface area contributed by atoms with Gasteiger partial charge < -0.3 is 14.5 Å². The van der Waals surface area contributed by atoms with Crippen LogP contribution in [0.3, 0.4) is 0 Å². The Labute approximate surface area is 154 Å². The van der Waals surface area contributed by atoms with Crippen LogP contribution in [0.15, 0.2) is 24.3 Å². The lowest BCUT2D eigenvalue weighted by atomic mass is 10.0. The number of carbonyl (C=O) groups excluding carboxylic acids is 1. The van der Waals surface area contributed by atoms with E-state index in [1.165, 1.54) is 24.6 Å². The molecule has 1 amide bonds. The SMILES string of the molecule is CN1C[C@H](C(=O)N2CCC(N3CCSCC3)CC2)Oc2ccccc21. The zero-order valence-corrected chi connectivity index (χ0v) is 15.7. The molecule has 0 bridgehead atoms. The van der Waals surface area contributed by atoms with E-state index in [4.69, 9.17) is 4.74 Å². The second kappa shape index (κ2) is 7.46. The van der Waals surface area contributed by atoms with Gasteiger partial charge in [0.1, 0.15) is 5.75 Å². The number of carbonyl (C=O) groups is 1. The molecule has 0 N–H and O–H groups in total. The first kappa shape index (κ1) is 17.0. The molecule has 3 aliphatic heterocycles. The number of para-hydroxylation sites is 2. The van der Waals surface area contributed by atoms with Crippen LogP contribution in [-0.4, -0.2) is 79.1 Å². The molecular formula is C19H27N3O2S. The molecule has 2 fully saturated rings. The predicted octanol–water partition coefficient (Wildman–Crippen LogP) is 1.92. The van der Waals surface area contributed by atoms with E-state index in [0.29, 0.717) is 12.6 Å². The molecule has 1 aromatic carbocycles. The van der Waals surface area contributed by atoms with Gasteiger partial charge in [0, 0.05) is 50.8 Å². The molecule has 5 nitrogen and oxygen atoms in total. The molecular weight excluding hydrogens is 334 g/mol. The van der Waals surface area contributed by atoms with Gasteiger partial charge in [-0.05, 0) is 25.0 Å². The molecule has 0 spiro atoms. The molecule has 25 heavy (non-hydrogen) atoms. The van der Waals surface area contributed by atoms with E-state index in [1.54, 1.807) is 0 Å². The van der Waals surface area contributed by atoms with E-state index < -0.39 is 0 Å². The summed E-state index contributed by atoms with van der Waals surface area (Å²) in [7, 11) is 2.03. The van der Waals surface area contributed by atoms with E-state index in [2.05, 4.69) is 21.6 Å². The van der Waals surface area contributed by atoms with Gasteiger partial charge in [-0.15, -0.1) is 0 Å². The molecule has 0 saturated carbocycles. The average Bonchev–Trinajstić information content (AvgIpc) is 2.68. The zero-order valence-electron chi connectivity index (χ0n) is 14.9. The molecule has 3 aliphatic rings. The predicted molar refractivity (Wildman–Crippen MR) is 103 cm³/mol. The van der Waals surface area contributed by atoms with Crippen molar-refractivity contribution in [1.82, 2.24) is 9.80 Å². The number of hydrogen-bond donors (Lipinski definition) is 0. The molecule has 1 atom stereocenters. The van der Waals surface area contributed by atoms with Crippen molar-refractivity contribution in [3.63, 3.8) is 0 Å². The van der Waals surface area contributed by atoms with Crippen molar-refractivity contribution in [2.75, 3.05) is 56.2 Å². The van der Waals surface area contributed by atoms with Crippen molar-refractivity contribution in [2.45, 2.75) is 25.0 Å². The third-order valence-electron chi connectivity index (χ3n) is 5.60. The number of amides is 1. The summed E-state index contributed by atoms with van der Waals surface area (Å²) in [5.41, 5.74) is 1.06. The number of anilines is 1. The summed E-state index contributed by atoms with van der Waals surface area (Å²) in [4.78, 5) is 19.7. The maximum Gasteiger partial charge on any atom is 0.265 e. The van der Waals surface area contributed by atoms with Crippen LogP contribution >= 0.6 is 11.8 Å². The highest BCUT2D eigenvalue weighted by Crippen LogP contribution is 2.32. The highest BCUT2D eigenvalue weighted by Gasteiger charge is 2.34. The number of benzene rings is 1. The lowest BCUT2D eigenvalue weighted by Crippen LogP contribution is -2.54. The fourth-order valence-electron chi connectivity index (χ4n) is 4.14. The zero-order chi connectivity index (χ0) is 17.2. The standard InChI is InChI=1S/C19H27N3O2S/c1-20-14-18(24-17-5-3-2-4-16(17)20)19(23)22-8-6-15(7-9-22)21-10-12-25-13-11-21/h2-5,15,18H,6-14H2,1H3/t18-/m1/s1. The van der Waals surface area contributed by atoms with Gasteiger partial charge in [0.2, 0.25) is 0 Å². The maximum absolute atomic E-state index is 12.9. The van der Waals surface area contributed by atoms with Gasteiger partial charge in [-0.1, -0.05) is 12.1 Å². The summed E-state index contributed by atoms with van der Waals surface area (Å²) in [5, 5.41) is 0. The van der Waals surface area contributed by atoms with Gasteiger partial charge in [0.15, 0.2) is 6.10 Å². The molecule has 0 aliphatic carbocycles. The molecule has 2 saturated heterocycles. The van der Waals surface area contributed by atoms with E-state index in [1.807, 2.05) is 36.2 Å². The second-order valence-corrected chi connectivity index (χ2v) is 8.38. The van der Waals surface area contributed by atoms with Gasteiger partial charge in [-0.25, -0.2) is 0 Å². The van der Waals surface area contributed by atoms with Gasteiger partial charge >= 0.3 is 0 Å². The van der Waals surface area contributed by atoms with Crippen molar-refractivity contribution in [3.05, 3.63) is 24.3 Å². The smallest absolute Gasteiger partial charge is 0.265 e. The Morgan fingerprint density at radius 3 is 2.60 bits per heavy atom. The minimum absolute atomic E-state index is 0.147. The van der Waals surface area contributed by atoms with Gasteiger partial charge in [-0.2, -0.15) is 11.8 Å². The van der Waals surface area contributed by atoms with Crippen molar-refractivity contribution in [3.8, 4) is 5.75 Å². The largest absolute Gasteiger partial charge is 0.477 e. The maximum atomic E-state index is 12.9. The molecule has 6 heteroatoms. The van der Waals surface area contributed by atoms with Gasteiger partial charge in [0.05, 0.1) is 12.2 Å². The van der Waals surface area contributed by atoms with Crippen LogP contribution in [0, 0.1) is 0 Å². The molecule has 1 aromatic rings. The summed E-state index contributed by atoms with van der Waals surface area (Å²) >= 11 is 2.05. The number of likely N-dealkylation sites (N-methyl/N-ethyl adjacent to an activating group) is 1. The number of ether oxygens (including phenoxy) is 1. The first-order valence-corrected chi connectivity index (χ1v) is 10.5. The number of likely N-dealkylation sites (tertiary alicyclic amines) is 1. The summed E-state index contributed by atoms with van der Waals surface area (Å²) in [6.07, 6.45) is 1.80. The quantitative estimate of drug-likeness (QED) is 0.804. The van der Waals surface area contributed by atoms with Crippen LogP contribution in [0.2, 0.25) is 0 Å². The van der Waals surface area contributed by atoms with Crippen LogP contribution in [0.1, 0.15) is 12.8 Å². The van der Waals surface area contributed by atoms with Crippen LogP contribution in [0.4, 0.5) is 5.69 Å². The van der Waals surface area contributed by atoms with Crippen molar-refractivity contribution >= 4 is 23.4 Å². The highest BCUT2D eigenvalue weighted by molar-refractivity contribution is 7.99. The number of nitrogens with zero attached hydrogens (tertiary/aromatic N) is 3. The fraction of sp³-hybridized carbons (Fsp3) is 0.632. The molecule has 0 unspecified atom stereocenters. The fourth-order valence-corrected chi connectivity index (χ4v) is 5.07. The molecule has 4 rings (SSSR count). The van der Waals surface area contributed by atoms with Gasteiger partial charge in [-0.3, -0.25) is 9.69 Å². The van der Waals surface area contributed by atoms with Crippen LogP contribution in [-0.2, 0) is 4.79 Å². The number of fused-ring (bicyclic) bond motifs is 1. The van der Waals surface area contributed by atoms with Crippen molar-refractivity contribution in [2.24, 2.45) is 0 Å². The summed E-state index contributed by atoms with van der Waals surface area (Å²) in [6.45, 7) is 4.75. The lowest BCUT2D eigenvalue weighted by molar-refractivity contribution is -0.140. The number of rotatable bonds is 2. The Bertz CT molecular complexity index is 612. The van der Waals surface area contributed by atoms with Crippen LogP contribution in [0.5, 0.6) is 5.75 Å². The Hall–Kier alpha value is -1.40. The second-order valence-electron chi connectivity index (χ2n) is 7.16. The van der Waals surface area contributed by atoms with E-state index >= 15 is 0 Å². The molecule has 0 radical (unpaired) electrons. The Morgan fingerprint density at radius 1 is 1.12 bits per heavy atom. The molecule has 136 valence electrons. The summed E-state index contributed by atoms with van der Waals surface area (Å²) in [6, 6.07) is 8.61. The Kier molecular flexibility index (Phi) is 5.08. The normalized spacial score (nSPS) is 25.4. The third kappa shape index (κ3) is 3.60. The van der Waals surface area contributed by atoms with Crippen LogP contribution < -0.4 is 9.64 Å². The lowest BCUT2D eigenvalue weighted by Gasteiger charge is -2.41. The minimum Gasteiger partial charge on any atom is -0.477 e. The molecule has 0 aromatic heterocycles. The Morgan fingerprint density at radius 2 is 1.84 bits per heavy atom. The first-order chi connectivity index (χ1) is 12.2. The monoisotopic (exact) mass is 361 g/mol. The van der Waals surface area contributed by atoms with Crippen molar-refractivity contribution in [1.29, 1.82) is 0 Å². The highest BCUT2D eigenvalue weighted by atomic mass is 32.2. The minimum atomic E-state index is -0.386. The third-order valence-corrected chi connectivity index (χ3v) is 6.54. The van der Waals surface area contributed by atoms with Crippen LogP contribution in [0.25, 0.3) is 0 Å². The average molecular weight is 362 g/mol. The number of piperidine rings is 1. The topological polar surface area (TPSA) is 36.0 Å². The first-order valence-electron chi connectivity index (χ1n) is 9.30. The molecule has 3 heterocycles. The summed E-state index contributed by atoms with van der Waals surface area (Å²) in [5.74, 6) is 3.46. The van der Waals surface area contributed by atoms with E-state index in [9.17, 15) is 4.79 Å². The van der Waals surface area contributed by atoms with Crippen molar-refractivity contribution < 1.29 is 9.53 Å². The van der Waals surface area contributed by atoms with E-state index in [-0.39, 0.29) is 12.0 Å².